The molecular formula is C15H27N3O3S. The Hall–Kier alpha value is -0.210. The second kappa shape index (κ2) is 5.70. The van der Waals surface area contributed by atoms with Crippen molar-refractivity contribution in [1.29, 1.82) is 0 Å². The first-order chi connectivity index (χ1) is 10.6. The maximum atomic E-state index is 12.2. The van der Waals surface area contributed by atoms with Crippen molar-refractivity contribution in [2.75, 3.05) is 64.5 Å². The number of nitrogens with one attached hydrogen (secondary N) is 1. The zero-order chi connectivity index (χ0) is 15.3. The molecule has 6 nitrogen and oxygen atoms in total. The molecule has 22 heavy (non-hydrogen) atoms. The first-order valence-electron chi connectivity index (χ1n) is 8.47. The largest absolute Gasteiger partial charge is 0.383 e. The maximum Gasteiger partial charge on any atom is 0.153 e. The molecule has 4 rings (SSSR count). The highest BCUT2D eigenvalue weighted by molar-refractivity contribution is 7.91. The molecule has 0 aromatic heterocycles. The summed E-state index contributed by atoms with van der Waals surface area (Å²) in [5.74, 6) is 3.18. The van der Waals surface area contributed by atoms with Crippen LogP contribution in [0.25, 0.3) is 0 Å². The smallest absolute Gasteiger partial charge is 0.153 e. The summed E-state index contributed by atoms with van der Waals surface area (Å²) in [4.78, 5) is 4.83. The number of methoxy groups -OCH3 is 1. The lowest BCUT2D eigenvalue weighted by Crippen LogP contribution is -2.60. The average molecular weight is 329 g/mol. The molecule has 0 radical (unpaired) electrons. The number of piperidine rings is 1. The first kappa shape index (κ1) is 15.3. The zero-order valence-electron chi connectivity index (χ0n) is 13.3. The molecule has 1 saturated carbocycles. The third-order valence-corrected chi connectivity index (χ3v) is 7.90. The molecular weight excluding hydrogens is 302 g/mol. The van der Waals surface area contributed by atoms with Crippen molar-refractivity contribution in [3.05, 3.63) is 0 Å². The molecule has 1 aliphatic carbocycles. The first-order valence-corrected chi connectivity index (χ1v) is 10.3. The van der Waals surface area contributed by atoms with Gasteiger partial charge in [-0.05, 0) is 30.8 Å². The molecule has 1 unspecified atom stereocenters. The summed E-state index contributed by atoms with van der Waals surface area (Å²) in [6.45, 7) is 6.93. The summed E-state index contributed by atoms with van der Waals surface area (Å²) in [7, 11) is -1.18. The van der Waals surface area contributed by atoms with Crippen LogP contribution in [0.15, 0.2) is 0 Å². The lowest BCUT2D eigenvalue weighted by molar-refractivity contribution is 0.0255. The molecule has 0 aromatic rings. The number of fused-ring (bicyclic) bond motifs is 2. The van der Waals surface area contributed by atoms with Gasteiger partial charge >= 0.3 is 0 Å². The van der Waals surface area contributed by atoms with Gasteiger partial charge in [-0.1, -0.05) is 0 Å². The third-order valence-electron chi connectivity index (χ3n) is 6.20. The second-order valence-electron chi connectivity index (χ2n) is 7.39. The summed E-state index contributed by atoms with van der Waals surface area (Å²) in [5.41, 5.74) is 0. The minimum Gasteiger partial charge on any atom is -0.383 e. The Morgan fingerprint density at radius 1 is 1.09 bits per heavy atom. The van der Waals surface area contributed by atoms with Crippen molar-refractivity contribution < 1.29 is 13.2 Å². The van der Waals surface area contributed by atoms with Crippen molar-refractivity contribution in [1.82, 2.24) is 15.1 Å². The number of rotatable bonds is 5. The molecule has 5 atom stereocenters. The SMILES string of the molecule is COCCN1CCN(CC2[C@H]3CNC[C@@H]23)[C@H]2CS(=O)(=O)C[C@H]21. The highest BCUT2D eigenvalue weighted by Crippen LogP contribution is 2.49. The lowest BCUT2D eigenvalue weighted by Gasteiger charge is -2.44. The zero-order valence-corrected chi connectivity index (χ0v) is 14.1. The van der Waals surface area contributed by atoms with Crippen LogP contribution >= 0.6 is 0 Å². The Morgan fingerprint density at radius 2 is 1.73 bits per heavy atom. The fourth-order valence-corrected chi connectivity index (χ4v) is 6.94. The van der Waals surface area contributed by atoms with Gasteiger partial charge in [0.25, 0.3) is 0 Å². The fourth-order valence-electron chi connectivity index (χ4n) is 4.90. The number of hydrogen-bond acceptors (Lipinski definition) is 6. The Morgan fingerprint density at radius 3 is 2.41 bits per heavy atom. The molecule has 0 bridgehead atoms. The molecule has 3 heterocycles. The number of nitrogens with zero attached hydrogens (tertiary/aromatic N) is 2. The van der Waals surface area contributed by atoms with Gasteiger partial charge < -0.3 is 10.1 Å². The highest BCUT2D eigenvalue weighted by Gasteiger charge is 2.55. The van der Waals surface area contributed by atoms with E-state index in [0.29, 0.717) is 18.1 Å². The van der Waals surface area contributed by atoms with Crippen molar-refractivity contribution in [2.45, 2.75) is 12.1 Å². The molecule has 3 saturated heterocycles. The quantitative estimate of drug-likeness (QED) is 0.690. The lowest BCUT2D eigenvalue weighted by atomic mass is 10.0. The number of sulfone groups is 1. The monoisotopic (exact) mass is 329 g/mol. The van der Waals surface area contributed by atoms with E-state index in [4.69, 9.17) is 4.74 Å². The average Bonchev–Trinajstić information content (AvgIpc) is 2.85. The normalized spacial score (nSPS) is 44.0. The summed E-state index contributed by atoms with van der Waals surface area (Å²) >= 11 is 0. The molecule has 4 aliphatic rings. The van der Waals surface area contributed by atoms with Gasteiger partial charge in [0.15, 0.2) is 9.84 Å². The van der Waals surface area contributed by atoms with Gasteiger partial charge in [-0.2, -0.15) is 0 Å². The second-order valence-corrected chi connectivity index (χ2v) is 9.54. The van der Waals surface area contributed by atoms with Gasteiger partial charge in [-0.25, -0.2) is 8.42 Å². The minimum absolute atomic E-state index is 0.172. The van der Waals surface area contributed by atoms with E-state index in [1.54, 1.807) is 7.11 Å². The minimum atomic E-state index is -2.89. The van der Waals surface area contributed by atoms with Crippen LogP contribution in [0.4, 0.5) is 0 Å². The number of piperazine rings is 1. The predicted molar refractivity (Wildman–Crippen MR) is 84.6 cm³/mol. The molecule has 126 valence electrons. The van der Waals surface area contributed by atoms with Crippen LogP contribution in [0.1, 0.15) is 0 Å². The highest BCUT2D eigenvalue weighted by atomic mass is 32.2. The molecule has 1 N–H and O–H groups in total. The Kier molecular flexibility index (Phi) is 3.97. The fraction of sp³-hybridized carbons (Fsp3) is 1.00. The Labute approximate surface area is 133 Å². The Balaban J connectivity index is 1.43. The van der Waals surface area contributed by atoms with E-state index in [-0.39, 0.29) is 12.1 Å². The third kappa shape index (κ3) is 2.71. The summed E-state index contributed by atoms with van der Waals surface area (Å²) in [6.07, 6.45) is 0. The van der Waals surface area contributed by atoms with Crippen molar-refractivity contribution in [2.24, 2.45) is 17.8 Å². The van der Waals surface area contributed by atoms with Crippen molar-refractivity contribution in [3.8, 4) is 0 Å². The van der Waals surface area contributed by atoms with Crippen LogP contribution in [-0.2, 0) is 14.6 Å². The topological polar surface area (TPSA) is 61.9 Å². The molecule has 7 heteroatoms. The van der Waals surface area contributed by atoms with E-state index in [1.807, 2.05) is 0 Å². The maximum absolute atomic E-state index is 12.2. The van der Waals surface area contributed by atoms with E-state index in [1.165, 1.54) is 0 Å². The van der Waals surface area contributed by atoms with Crippen LogP contribution in [0.2, 0.25) is 0 Å². The summed E-state index contributed by atoms with van der Waals surface area (Å²) in [5, 5.41) is 3.44. The van der Waals surface area contributed by atoms with Crippen LogP contribution in [0.5, 0.6) is 0 Å². The van der Waals surface area contributed by atoms with E-state index >= 15 is 0 Å². The van der Waals surface area contributed by atoms with Gasteiger partial charge in [0.2, 0.25) is 0 Å². The predicted octanol–water partition coefficient (Wildman–Crippen LogP) is -1.12. The van der Waals surface area contributed by atoms with Gasteiger partial charge in [0, 0.05) is 45.4 Å². The van der Waals surface area contributed by atoms with E-state index in [2.05, 4.69) is 15.1 Å². The van der Waals surface area contributed by atoms with Gasteiger partial charge in [-0.15, -0.1) is 0 Å². The Bertz CT molecular complexity index is 516. The van der Waals surface area contributed by atoms with Gasteiger partial charge in [0.05, 0.1) is 18.1 Å². The molecule has 0 spiro atoms. The van der Waals surface area contributed by atoms with E-state index in [0.717, 1.165) is 57.0 Å². The van der Waals surface area contributed by atoms with Gasteiger partial charge in [-0.3, -0.25) is 9.80 Å². The van der Waals surface area contributed by atoms with Crippen LogP contribution < -0.4 is 5.32 Å². The summed E-state index contributed by atoms with van der Waals surface area (Å²) in [6, 6.07) is 0.371. The number of ether oxygens (including phenoxy) is 1. The van der Waals surface area contributed by atoms with Crippen molar-refractivity contribution in [3.63, 3.8) is 0 Å². The van der Waals surface area contributed by atoms with Crippen LogP contribution in [0.3, 0.4) is 0 Å². The molecule has 3 aliphatic heterocycles. The van der Waals surface area contributed by atoms with E-state index in [9.17, 15) is 8.42 Å². The van der Waals surface area contributed by atoms with Crippen LogP contribution in [-0.4, -0.2) is 94.8 Å². The molecule has 0 amide bonds. The van der Waals surface area contributed by atoms with E-state index < -0.39 is 9.84 Å². The van der Waals surface area contributed by atoms with Crippen LogP contribution in [0, 0.1) is 17.8 Å². The van der Waals surface area contributed by atoms with Crippen molar-refractivity contribution >= 4 is 9.84 Å². The molecule has 4 fully saturated rings. The molecule has 0 aromatic carbocycles. The number of hydrogen-bond donors (Lipinski definition) is 1. The van der Waals surface area contributed by atoms with Gasteiger partial charge in [0.1, 0.15) is 0 Å². The summed E-state index contributed by atoms with van der Waals surface area (Å²) < 4.78 is 29.5. The standard InChI is InChI=1S/C15H27N3O3S/c1-21-5-4-17-2-3-18(8-13-11-6-16-7-12(11)13)15-10-22(19,20)9-14(15)17/h11-16H,2-10H2,1H3/t11-,12+,13?,14-,15+/m1/s1.